The zero-order chi connectivity index (χ0) is 14.8. The molecule has 0 bridgehead atoms. The first-order chi connectivity index (χ1) is 9.40. The molecule has 2 aromatic carbocycles. The molecular weight excluding hydrogens is 276 g/mol. The predicted molar refractivity (Wildman–Crippen MR) is 76.2 cm³/mol. The Labute approximate surface area is 117 Å². The number of carbonyl (C=O) groups is 1. The minimum atomic E-state index is -3.20. The van der Waals surface area contributed by atoms with Gasteiger partial charge in [0.2, 0.25) is 0 Å². The van der Waals surface area contributed by atoms with Gasteiger partial charge in [-0.3, -0.25) is 4.79 Å². The third-order valence-electron chi connectivity index (χ3n) is 2.86. The molecule has 4 nitrogen and oxygen atoms in total. The number of ether oxygens (including phenoxy) is 1. The van der Waals surface area contributed by atoms with Crippen molar-refractivity contribution in [1.29, 1.82) is 0 Å². The highest BCUT2D eigenvalue weighted by Crippen LogP contribution is 2.24. The molecule has 0 heterocycles. The molecule has 0 saturated carbocycles. The lowest BCUT2D eigenvalue weighted by Crippen LogP contribution is -1.96. The first-order valence-corrected chi connectivity index (χ1v) is 7.83. The third kappa shape index (κ3) is 3.24. The Morgan fingerprint density at radius 2 is 1.60 bits per heavy atom. The maximum Gasteiger partial charge on any atom is 0.175 e. The predicted octanol–water partition coefficient (Wildman–Crippen LogP) is 3.00. The smallest absolute Gasteiger partial charge is 0.175 e. The van der Waals surface area contributed by atoms with E-state index >= 15 is 0 Å². The third-order valence-corrected chi connectivity index (χ3v) is 3.98. The number of aldehydes is 1. The zero-order valence-corrected chi connectivity index (χ0v) is 12.0. The van der Waals surface area contributed by atoms with Crippen molar-refractivity contribution in [3.8, 4) is 11.5 Å². The van der Waals surface area contributed by atoms with Crippen molar-refractivity contribution < 1.29 is 17.9 Å². The molecule has 104 valence electrons. The fourth-order valence-corrected chi connectivity index (χ4v) is 2.37. The monoisotopic (exact) mass is 290 g/mol. The van der Waals surface area contributed by atoms with Gasteiger partial charge >= 0.3 is 0 Å². The van der Waals surface area contributed by atoms with Crippen LogP contribution in [0, 0.1) is 6.92 Å². The molecule has 0 radical (unpaired) electrons. The van der Waals surface area contributed by atoms with Gasteiger partial charge in [-0.05, 0) is 55.0 Å². The van der Waals surface area contributed by atoms with E-state index in [-0.39, 0.29) is 4.90 Å². The number of rotatable bonds is 4. The first kappa shape index (κ1) is 14.3. The highest BCUT2D eigenvalue weighted by atomic mass is 32.2. The van der Waals surface area contributed by atoms with Crippen LogP contribution in [0.25, 0.3) is 0 Å². The number of hydrogen-bond donors (Lipinski definition) is 0. The van der Waals surface area contributed by atoms with Crippen LogP contribution in [0.5, 0.6) is 11.5 Å². The Bertz CT molecular complexity index is 731. The summed E-state index contributed by atoms with van der Waals surface area (Å²) in [5, 5.41) is 0. The number of hydrogen-bond acceptors (Lipinski definition) is 4. The average Bonchev–Trinajstić information content (AvgIpc) is 2.38. The SMILES string of the molecule is Cc1cc(Oc2ccc(S(C)(=O)=O)cc2)ccc1C=O. The summed E-state index contributed by atoms with van der Waals surface area (Å²) in [5.41, 5.74) is 1.44. The molecule has 5 heteroatoms. The number of aryl methyl sites for hydroxylation is 1. The van der Waals surface area contributed by atoms with Gasteiger partial charge in [-0.15, -0.1) is 0 Å². The van der Waals surface area contributed by atoms with Crippen molar-refractivity contribution in [2.45, 2.75) is 11.8 Å². The Hall–Kier alpha value is -2.14. The van der Waals surface area contributed by atoms with Crippen LogP contribution in [-0.4, -0.2) is 21.0 Å². The molecule has 0 aliphatic rings. The Morgan fingerprint density at radius 3 is 2.10 bits per heavy atom. The summed E-state index contributed by atoms with van der Waals surface area (Å²) in [6.45, 7) is 1.82. The van der Waals surface area contributed by atoms with E-state index in [0.717, 1.165) is 18.1 Å². The summed E-state index contributed by atoms with van der Waals surface area (Å²) in [5.74, 6) is 1.14. The molecule has 0 spiro atoms. The summed E-state index contributed by atoms with van der Waals surface area (Å²) < 4.78 is 28.3. The van der Waals surface area contributed by atoms with Crippen LogP contribution >= 0.6 is 0 Å². The summed E-state index contributed by atoms with van der Waals surface area (Å²) >= 11 is 0. The fourth-order valence-electron chi connectivity index (χ4n) is 1.73. The van der Waals surface area contributed by atoms with Crippen molar-refractivity contribution in [3.63, 3.8) is 0 Å². The Balaban J connectivity index is 2.22. The summed E-state index contributed by atoms with van der Waals surface area (Å²) in [6.07, 6.45) is 1.95. The fraction of sp³-hybridized carbons (Fsp3) is 0.133. The van der Waals surface area contributed by atoms with Gasteiger partial charge in [-0.1, -0.05) is 0 Å². The van der Waals surface area contributed by atoms with Crippen LogP contribution in [0.1, 0.15) is 15.9 Å². The van der Waals surface area contributed by atoms with E-state index in [1.165, 1.54) is 12.1 Å². The quantitative estimate of drug-likeness (QED) is 0.812. The molecule has 0 amide bonds. The van der Waals surface area contributed by atoms with Crippen LogP contribution < -0.4 is 4.74 Å². The van der Waals surface area contributed by atoms with E-state index in [2.05, 4.69) is 0 Å². The molecule has 2 rings (SSSR count). The van der Waals surface area contributed by atoms with Crippen LogP contribution in [-0.2, 0) is 9.84 Å². The molecule has 0 unspecified atom stereocenters. The van der Waals surface area contributed by atoms with Crippen molar-refractivity contribution in [2.24, 2.45) is 0 Å². The van der Waals surface area contributed by atoms with Crippen molar-refractivity contribution in [1.82, 2.24) is 0 Å². The molecule has 0 aromatic heterocycles. The van der Waals surface area contributed by atoms with Crippen LogP contribution in [0.4, 0.5) is 0 Å². The van der Waals surface area contributed by atoms with E-state index in [4.69, 9.17) is 4.74 Å². The number of sulfone groups is 1. The molecule has 0 aliphatic carbocycles. The van der Waals surface area contributed by atoms with Gasteiger partial charge in [0, 0.05) is 11.8 Å². The molecule has 0 fully saturated rings. The van der Waals surface area contributed by atoms with Crippen LogP contribution in [0.15, 0.2) is 47.4 Å². The first-order valence-electron chi connectivity index (χ1n) is 5.94. The van der Waals surface area contributed by atoms with Crippen molar-refractivity contribution in [2.75, 3.05) is 6.26 Å². The van der Waals surface area contributed by atoms with Gasteiger partial charge in [-0.25, -0.2) is 8.42 Å². The second-order valence-corrected chi connectivity index (χ2v) is 6.50. The highest BCUT2D eigenvalue weighted by molar-refractivity contribution is 7.90. The van der Waals surface area contributed by atoms with E-state index in [1.807, 2.05) is 6.92 Å². The highest BCUT2D eigenvalue weighted by Gasteiger charge is 2.07. The molecule has 2 aromatic rings. The Morgan fingerprint density at radius 1 is 1.00 bits per heavy atom. The number of benzene rings is 2. The summed E-state index contributed by atoms with van der Waals surface area (Å²) in [4.78, 5) is 11.0. The van der Waals surface area contributed by atoms with E-state index < -0.39 is 9.84 Å². The second-order valence-electron chi connectivity index (χ2n) is 4.48. The van der Waals surface area contributed by atoms with Crippen LogP contribution in [0.2, 0.25) is 0 Å². The average molecular weight is 290 g/mol. The van der Waals surface area contributed by atoms with Gasteiger partial charge in [0.25, 0.3) is 0 Å². The number of carbonyl (C=O) groups excluding carboxylic acids is 1. The molecule has 0 saturated heterocycles. The summed E-state index contributed by atoms with van der Waals surface area (Å²) in [7, 11) is -3.20. The standard InChI is InChI=1S/C15H14O4S/c1-11-9-14(4-3-12(11)10-16)19-13-5-7-15(8-6-13)20(2,17)18/h3-10H,1-2H3. The van der Waals surface area contributed by atoms with Crippen molar-refractivity contribution >= 4 is 16.1 Å². The minimum absolute atomic E-state index is 0.248. The zero-order valence-electron chi connectivity index (χ0n) is 11.2. The van der Waals surface area contributed by atoms with Gasteiger partial charge < -0.3 is 4.74 Å². The van der Waals surface area contributed by atoms with Gasteiger partial charge in [0.1, 0.15) is 17.8 Å². The van der Waals surface area contributed by atoms with Crippen LogP contribution in [0.3, 0.4) is 0 Å². The lowest BCUT2D eigenvalue weighted by atomic mass is 10.1. The summed E-state index contributed by atoms with van der Waals surface area (Å²) in [6, 6.07) is 11.3. The van der Waals surface area contributed by atoms with Gasteiger partial charge in [-0.2, -0.15) is 0 Å². The normalized spacial score (nSPS) is 11.1. The molecule has 20 heavy (non-hydrogen) atoms. The Kier molecular flexibility index (Phi) is 3.90. The van der Waals surface area contributed by atoms with Gasteiger partial charge in [0.05, 0.1) is 4.90 Å². The van der Waals surface area contributed by atoms with Crippen molar-refractivity contribution in [3.05, 3.63) is 53.6 Å². The molecule has 0 aliphatic heterocycles. The maximum atomic E-state index is 11.3. The maximum absolute atomic E-state index is 11.3. The van der Waals surface area contributed by atoms with E-state index in [9.17, 15) is 13.2 Å². The molecule has 0 N–H and O–H groups in total. The van der Waals surface area contributed by atoms with Gasteiger partial charge in [0.15, 0.2) is 9.84 Å². The van der Waals surface area contributed by atoms with E-state index in [1.54, 1.807) is 30.3 Å². The minimum Gasteiger partial charge on any atom is -0.457 e. The molecular formula is C15H14O4S. The second kappa shape index (κ2) is 5.46. The van der Waals surface area contributed by atoms with E-state index in [0.29, 0.717) is 17.1 Å². The lowest BCUT2D eigenvalue weighted by molar-refractivity contribution is 0.112. The molecule has 0 atom stereocenters. The topological polar surface area (TPSA) is 60.4 Å². The largest absolute Gasteiger partial charge is 0.457 e. The lowest BCUT2D eigenvalue weighted by Gasteiger charge is -2.08.